The minimum Gasteiger partial charge on any atom is -0.442 e. The van der Waals surface area contributed by atoms with Gasteiger partial charge in [0.15, 0.2) is 0 Å². The lowest BCUT2D eigenvalue weighted by molar-refractivity contribution is -0.125. The number of fused-ring (bicyclic) bond motifs is 1. The number of nitrogens with zero attached hydrogens (tertiary/aromatic N) is 2. The van der Waals surface area contributed by atoms with Crippen LogP contribution in [0.2, 0.25) is 5.02 Å². The molecule has 2 unspecified atom stereocenters. The summed E-state index contributed by atoms with van der Waals surface area (Å²) in [6.07, 6.45) is 3.15. The van der Waals surface area contributed by atoms with Gasteiger partial charge in [0.1, 0.15) is 6.10 Å². The molecule has 1 aromatic heterocycles. The molecule has 1 aromatic carbocycles. The third kappa shape index (κ3) is 3.39. The number of aromatic amines is 1. The number of anilines is 1. The lowest BCUT2D eigenvalue weighted by Crippen LogP contribution is -2.39. The van der Waals surface area contributed by atoms with Gasteiger partial charge in [0.25, 0.3) is 0 Å². The number of hydrogen-bond acceptors (Lipinski definition) is 4. The molecular weight excluding hydrogens is 356 g/mol. The van der Waals surface area contributed by atoms with E-state index in [1.807, 2.05) is 0 Å². The molecule has 1 fully saturated rings. The Bertz CT molecular complexity index is 820. The number of ether oxygens (including phenoxy) is 1. The molecule has 0 radical (unpaired) electrons. The zero-order valence-corrected chi connectivity index (χ0v) is 14.8. The van der Waals surface area contributed by atoms with Crippen LogP contribution in [0.25, 0.3) is 0 Å². The predicted octanol–water partition coefficient (Wildman–Crippen LogP) is 2.31. The first kappa shape index (κ1) is 16.9. The number of rotatable bonds is 4. The van der Waals surface area contributed by atoms with E-state index < -0.39 is 6.09 Å². The third-order valence-electron chi connectivity index (χ3n) is 4.87. The fourth-order valence-corrected chi connectivity index (χ4v) is 3.57. The Morgan fingerprint density at radius 1 is 1.38 bits per heavy atom. The smallest absolute Gasteiger partial charge is 0.414 e. The Balaban J connectivity index is 1.31. The zero-order valence-electron chi connectivity index (χ0n) is 14.1. The summed E-state index contributed by atoms with van der Waals surface area (Å²) in [6, 6.07) is 7.00. The molecule has 0 saturated carbocycles. The van der Waals surface area contributed by atoms with Crippen molar-refractivity contribution in [3.63, 3.8) is 0 Å². The monoisotopic (exact) mass is 374 g/mol. The molecule has 4 rings (SSSR count). The number of carbonyl (C=O) groups is 2. The highest BCUT2D eigenvalue weighted by Gasteiger charge is 2.33. The number of aromatic nitrogens is 2. The van der Waals surface area contributed by atoms with Gasteiger partial charge >= 0.3 is 6.09 Å². The molecule has 0 bridgehead atoms. The van der Waals surface area contributed by atoms with Gasteiger partial charge in [-0.2, -0.15) is 0 Å². The Morgan fingerprint density at radius 3 is 3.00 bits per heavy atom. The molecule has 2 heterocycles. The van der Waals surface area contributed by atoms with Crippen molar-refractivity contribution in [1.82, 2.24) is 15.3 Å². The highest BCUT2D eigenvalue weighted by Crippen LogP contribution is 2.24. The average molecular weight is 375 g/mol. The SMILES string of the molecule is O=C(NCC1CN(c2ccc(Cl)cc2)C(=O)O1)C1CCc2nc[nH]c2C1. The van der Waals surface area contributed by atoms with Gasteiger partial charge in [0.05, 0.1) is 25.1 Å². The van der Waals surface area contributed by atoms with Gasteiger partial charge in [-0.15, -0.1) is 0 Å². The molecule has 2 aliphatic rings. The van der Waals surface area contributed by atoms with E-state index in [1.54, 1.807) is 35.5 Å². The number of aryl methyl sites for hydroxylation is 1. The van der Waals surface area contributed by atoms with Crippen LogP contribution in [-0.4, -0.2) is 41.2 Å². The van der Waals surface area contributed by atoms with Gasteiger partial charge in [0, 0.05) is 28.7 Å². The Hall–Kier alpha value is -2.54. The number of H-pyrrole nitrogens is 1. The van der Waals surface area contributed by atoms with Gasteiger partial charge < -0.3 is 15.0 Å². The van der Waals surface area contributed by atoms with Crippen molar-refractivity contribution in [3.05, 3.63) is 47.0 Å². The summed E-state index contributed by atoms with van der Waals surface area (Å²) in [4.78, 5) is 33.4. The predicted molar refractivity (Wildman–Crippen MR) is 96.2 cm³/mol. The Morgan fingerprint density at radius 2 is 2.19 bits per heavy atom. The summed E-state index contributed by atoms with van der Waals surface area (Å²) in [5.74, 6) is -0.0846. The molecule has 0 spiro atoms. The fraction of sp³-hybridized carbons (Fsp3) is 0.389. The highest BCUT2D eigenvalue weighted by atomic mass is 35.5. The van der Waals surface area contributed by atoms with Crippen LogP contribution in [0.15, 0.2) is 30.6 Å². The van der Waals surface area contributed by atoms with Crippen LogP contribution in [0.5, 0.6) is 0 Å². The molecule has 26 heavy (non-hydrogen) atoms. The largest absolute Gasteiger partial charge is 0.442 e. The number of cyclic esters (lactones) is 1. The van der Waals surface area contributed by atoms with E-state index in [9.17, 15) is 9.59 Å². The van der Waals surface area contributed by atoms with Gasteiger partial charge in [-0.05, 0) is 37.1 Å². The summed E-state index contributed by atoms with van der Waals surface area (Å²) in [5.41, 5.74) is 2.82. The van der Waals surface area contributed by atoms with Crippen molar-refractivity contribution in [1.29, 1.82) is 0 Å². The maximum Gasteiger partial charge on any atom is 0.414 e. The van der Waals surface area contributed by atoms with Gasteiger partial charge in [0.2, 0.25) is 5.91 Å². The molecular formula is C18H19ClN4O3. The minimum absolute atomic E-state index is 0.00811. The number of nitrogens with one attached hydrogen (secondary N) is 2. The van der Waals surface area contributed by atoms with Crippen molar-refractivity contribution < 1.29 is 14.3 Å². The molecule has 1 saturated heterocycles. The van der Waals surface area contributed by atoms with E-state index in [2.05, 4.69) is 15.3 Å². The molecule has 1 aliphatic carbocycles. The van der Waals surface area contributed by atoms with Crippen LogP contribution in [0.1, 0.15) is 17.8 Å². The van der Waals surface area contributed by atoms with Crippen LogP contribution in [0.4, 0.5) is 10.5 Å². The van der Waals surface area contributed by atoms with Crippen molar-refractivity contribution in [3.8, 4) is 0 Å². The first-order valence-corrected chi connectivity index (χ1v) is 9.00. The number of hydrogen-bond donors (Lipinski definition) is 2. The van der Waals surface area contributed by atoms with Crippen LogP contribution < -0.4 is 10.2 Å². The summed E-state index contributed by atoms with van der Waals surface area (Å²) in [5, 5.41) is 3.53. The molecule has 2 amide bonds. The van der Waals surface area contributed by atoms with Crippen LogP contribution in [0.3, 0.4) is 0 Å². The lowest BCUT2D eigenvalue weighted by atomic mass is 9.89. The third-order valence-corrected chi connectivity index (χ3v) is 5.13. The van der Waals surface area contributed by atoms with E-state index in [4.69, 9.17) is 16.3 Å². The Kier molecular flexibility index (Phi) is 4.55. The van der Waals surface area contributed by atoms with E-state index in [0.717, 1.165) is 29.9 Å². The van der Waals surface area contributed by atoms with Gasteiger partial charge in [-0.25, -0.2) is 9.78 Å². The standard InChI is InChI=1S/C18H19ClN4O3/c19-12-2-4-13(5-3-12)23-9-14(26-18(23)25)8-20-17(24)11-1-6-15-16(7-11)22-10-21-15/h2-5,10-11,14H,1,6-9H2,(H,20,24)(H,21,22). The maximum absolute atomic E-state index is 12.4. The summed E-state index contributed by atoms with van der Waals surface area (Å²) in [7, 11) is 0. The zero-order chi connectivity index (χ0) is 18.1. The van der Waals surface area contributed by atoms with Crippen LogP contribution >= 0.6 is 11.6 Å². The fourth-order valence-electron chi connectivity index (χ4n) is 3.44. The lowest BCUT2D eigenvalue weighted by Gasteiger charge is -2.21. The number of halogens is 1. The topological polar surface area (TPSA) is 87.3 Å². The van der Waals surface area contributed by atoms with Crippen molar-refractivity contribution in [2.45, 2.75) is 25.4 Å². The normalized spacial score (nSPS) is 22.0. The molecule has 1 aliphatic heterocycles. The minimum atomic E-state index is -0.411. The van der Waals surface area contributed by atoms with Gasteiger partial charge in [-0.3, -0.25) is 9.69 Å². The number of carbonyl (C=O) groups excluding carboxylic acids is 2. The first-order valence-electron chi connectivity index (χ1n) is 8.62. The molecule has 2 aromatic rings. The second-order valence-corrected chi connectivity index (χ2v) is 7.04. The van der Waals surface area contributed by atoms with E-state index in [0.29, 0.717) is 24.5 Å². The maximum atomic E-state index is 12.4. The van der Waals surface area contributed by atoms with Crippen molar-refractivity contribution in [2.75, 3.05) is 18.0 Å². The van der Waals surface area contributed by atoms with Crippen LogP contribution in [-0.2, 0) is 22.4 Å². The summed E-state index contributed by atoms with van der Waals surface area (Å²) in [6.45, 7) is 0.705. The second-order valence-electron chi connectivity index (χ2n) is 6.61. The van der Waals surface area contributed by atoms with Crippen molar-refractivity contribution >= 4 is 29.3 Å². The first-order chi connectivity index (χ1) is 12.6. The molecule has 2 atom stereocenters. The molecule has 8 heteroatoms. The number of imidazole rings is 1. The van der Waals surface area contributed by atoms with E-state index >= 15 is 0 Å². The summed E-state index contributed by atoms with van der Waals surface area (Å²) < 4.78 is 5.36. The van der Waals surface area contributed by atoms with Crippen molar-refractivity contribution in [2.24, 2.45) is 5.92 Å². The summed E-state index contributed by atoms with van der Waals surface area (Å²) >= 11 is 5.88. The second kappa shape index (κ2) is 6.99. The molecule has 136 valence electrons. The van der Waals surface area contributed by atoms with Gasteiger partial charge in [-0.1, -0.05) is 11.6 Å². The average Bonchev–Trinajstić information content (AvgIpc) is 3.26. The Labute approximate surface area is 155 Å². The number of amides is 2. The van der Waals surface area contributed by atoms with E-state index in [-0.39, 0.29) is 17.9 Å². The quantitative estimate of drug-likeness (QED) is 0.859. The highest BCUT2D eigenvalue weighted by molar-refractivity contribution is 6.30. The molecule has 7 nitrogen and oxygen atoms in total. The van der Waals surface area contributed by atoms with Crippen LogP contribution in [0, 0.1) is 5.92 Å². The van der Waals surface area contributed by atoms with E-state index in [1.165, 1.54) is 0 Å². The molecule has 2 N–H and O–H groups in total. The number of benzene rings is 1.